The Balaban J connectivity index is 1.60. The van der Waals surface area contributed by atoms with Gasteiger partial charge in [0.2, 0.25) is 5.88 Å². The van der Waals surface area contributed by atoms with Crippen molar-refractivity contribution in [2.75, 3.05) is 18.1 Å². The smallest absolute Gasteiger partial charge is 0.422 e. The third-order valence-corrected chi connectivity index (χ3v) is 4.99. The number of hydrogen-bond donors (Lipinski definition) is 1. The predicted molar refractivity (Wildman–Crippen MR) is 118 cm³/mol. The summed E-state index contributed by atoms with van der Waals surface area (Å²) in [6, 6.07) is 11.1. The number of para-hydroxylation sites is 1. The van der Waals surface area contributed by atoms with Crippen molar-refractivity contribution in [1.29, 1.82) is 0 Å². The SMILES string of the molecule is CC(C)(O)COc1ccc(N2Cc3c(ccnc3-c3ccccc3OCC(F)(F)F)C2=O)cn1. The molecular weight excluding hydrogens is 451 g/mol. The molecule has 7 nitrogen and oxygen atoms in total. The van der Waals surface area contributed by atoms with Gasteiger partial charge >= 0.3 is 6.18 Å². The third-order valence-electron chi connectivity index (χ3n) is 4.99. The average Bonchev–Trinajstić information content (AvgIpc) is 3.12. The molecule has 1 aliphatic heterocycles. The molecule has 1 amide bonds. The second kappa shape index (κ2) is 8.94. The highest BCUT2D eigenvalue weighted by atomic mass is 19.4. The number of aliphatic hydroxyl groups is 1. The Bertz CT molecular complexity index is 1190. The zero-order chi connectivity index (χ0) is 24.5. The molecule has 2 aromatic heterocycles. The zero-order valence-corrected chi connectivity index (χ0v) is 18.5. The topological polar surface area (TPSA) is 84.8 Å². The Hall–Kier alpha value is -3.66. The molecule has 0 atom stereocenters. The van der Waals surface area contributed by atoms with Gasteiger partial charge < -0.3 is 19.5 Å². The number of aromatic nitrogens is 2. The number of amides is 1. The molecule has 4 rings (SSSR count). The lowest BCUT2D eigenvalue weighted by molar-refractivity contribution is -0.153. The van der Waals surface area contributed by atoms with Crippen LogP contribution in [0, 0.1) is 0 Å². The lowest BCUT2D eigenvalue weighted by Crippen LogP contribution is -2.28. The van der Waals surface area contributed by atoms with Crippen LogP contribution in [-0.2, 0) is 6.54 Å². The first-order valence-corrected chi connectivity index (χ1v) is 10.4. The number of anilines is 1. The maximum atomic E-state index is 13.1. The van der Waals surface area contributed by atoms with Gasteiger partial charge in [-0.25, -0.2) is 4.98 Å². The Morgan fingerprint density at radius 1 is 1.00 bits per heavy atom. The number of benzene rings is 1. The van der Waals surface area contributed by atoms with E-state index in [1.807, 2.05) is 0 Å². The number of ether oxygens (including phenoxy) is 2. The molecule has 178 valence electrons. The second-order valence-electron chi connectivity index (χ2n) is 8.43. The Morgan fingerprint density at radius 3 is 2.44 bits per heavy atom. The van der Waals surface area contributed by atoms with Crippen molar-refractivity contribution in [3.8, 4) is 22.9 Å². The van der Waals surface area contributed by atoms with Gasteiger partial charge in [-0.1, -0.05) is 12.1 Å². The van der Waals surface area contributed by atoms with E-state index in [0.717, 1.165) is 0 Å². The number of rotatable bonds is 7. The van der Waals surface area contributed by atoms with Gasteiger partial charge in [0.25, 0.3) is 5.91 Å². The van der Waals surface area contributed by atoms with Crippen LogP contribution in [-0.4, -0.2) is 46.0 Å². The highest BCUT2D eigenvalue weighted by Gasteiger charge is 2.33. The van der Waals surface area contributed by atoms with Crippen molar-refractivity contribution in [1.82, 2.24) is 9.97 Å². The van der Waals surface area contributed by atoms with Crippen LogP contribution in [0.3, 0.4) is 0 Å². The van der Waals surface area contributed by atoms with Crippen molar-refractivity contribution in [3.05, 3.63) is 66.0 Å². The summed E-state index contributed by atoms with van der Waals surface area (Å²) in [6.45, 7) is 2.01. The quantitative estimate of drug-likeness (QED) is 0.548. The lowest BCUT2D eigenvalue weighted by atomic mass is 10.0. The van der Waals surface area contributed by atoms with Crippen molar-refractivity contribution in [2.45, 2.75) is 32.2 Å². The number of carbonyl (C=O) groups excluding carboxylic acids is 1. The van der Waals surface area contributed by atoms with Crippen LogP contribution in [0.2, 0.25) is 0 Å². The van der Waals surface area contributed by atoms with Crippen molar-refractivity contribution >= 4 is 11.6 Å². The van der Waals surface area contributed by atoms with Gasteiger partial charge in [-0.05, 0) is 38.1 Å². The largest absolute Gasteiger partial charge is 0.483 e. The summed E-state index contributed by atoms with van der Waals surface area (Å²) >= 11 is 0. The minimum absolute atomic E-state index is 0.0293. The lowest BCUT2D eigenvalue weighted by Gasteiger charge is -2.18. The number of halogens is 3. The summed E-state index contributed by atoms with van der Waals surface area (Å²) in [5.41, 5.74) is 1.23. The van der Waals surface area contributed by atoms with Crippen molar-refractivity contribution in [3.63, 3.8) is 0 Å². The third kappa shape index (κ3) is 5.28. The standard InChI is InChI=1S/C24H22F3N3O4/c1-23(2,32)13-34-20-8-7-15(11-29-20)30-12-18-16(22(30)31)9-10-28-21(18)17-5-3-4-6-19(17)33-14-24(25,26)27/h3-11,32H,12-14H2,1-2H3. The highest BCUT2D eigenvalue weighted by molar-refractivity contribution is 6.11. The Morgan fingerprint density at radius 2 is 1.76 bits per heavy atom. The molecule has 1 N–H and O–H groups in total. The number of pyridine rings is 2. The molecule has 1 aromatic carbocycles. The fourth-order valence-electron chi connectivity index (χ4n) is 3.48. The number of fused-ring (bicyclic) bond motifs is 1. The summed E-state index contributed by atoms with van der Waals surface area (Å²) in [4.78, 5) is 23.1. The fraction of sp³-hybridized carbons (Fsp3) is 0.292. The van der Waals surface area contributed by atoms with Gasteiger partial charge in [-0.15, -0.1) is 0 Å². The Kier molecular flexibility index (Phi) is 6.18. The van der Waals surface area contributed by atoms with E-state index in [2.05, 4.69) is 9.97 Å². The summed E-state index contributed by atoms with van der Waals surface area (Å²) in [5, 5.41) is 9.78. The van der Waals surface area contributed by atoms with Crippen molar-refractivity contribution in [2.24, 2.45) is 0 Å². The zero-order valence-electron chi connectivity index (χ0n) is 18.5. The van der Waals surface area contributed by atoms with E-state index in [4.69, 9.17) is 9.47 Å². The van der Waals surface area contributed by atoms with E-state index in [1.54, 1.807) is 50.2 Å². The first kappa shape index (κ1) is 23.5. The summed E-state index contributed by atoms with van der Waals surface area (Å²) in [5.74, 6) is 0.0500. The maximum Gasteiger partial charge on any atom is 0.422 e. The number of nitrogens with zero attached hydrogens (tertiary/aromatic N) is 3. The maximum absolute atomic E-state index is 13.1. The van der Waals surface area contributed by atoms with E-state index >= 15 is 0 Å². The van der Waals surface area contributed by atoms with Crippen molar-refractivity contribution < 1.29 is 32.5 Å². The van der Waals surface area contributed by atoms with E-state index in [-0.39, 0.29) is 24.8 Å². The summed E-state index contributed by atoms with van der Waals surface area (Å²) in [6.07, 6.45) is -1.55. The van der Waals surface area contributed by atoms with E-state index in [0.29, 0.717) is 34.0 Å². The van der Waals surface area contributed by atoms with Crippen LogP contribution in [0.5, 0.6) is 11.6 Å². The van der Waals surface area contributed by atoms with E-state index < -0.39 is 18.4 Å². The molecule has 0 aliphatic carbocycles. The number of carbonyl (C=O) groups is 1. The molecule has 1 aliphatic rings. The van der Waals surface area contributed by atoms with Crippen LogP contribution in [0.1, 0.15) is 29.8 Å². The van der Waals surface area contributed by atoms with Gasteiger partial charge in [0.15, 0.2) is 6.61 Å². The first-order valence-electron chi connectivity index (χ1n) is 10.4. The van der Waals surface area contributed by atoms with Crippen LogP contribution < -0.4 is 14.4 Å². The monoisotopic (exact) mass is 473 g/mol. The molecule has 3 heterocycles. The molecular formula is C24H22F3N3O4. The molecule has 3 aromatic rings. The fourth-order valence-corrected chi connectivity index (χ4v) is 3.48. The van der Waals surface area contributed by atoms with Crippen LogP contribution in [0.15, 0.2) is 54.9 Å². The van der Waals surface area contributed by atoms with Gasteiger partial charge in [0.05, 0.1) is 29.7 Å². The number of hydrogen-bond acceptors (Lipinski definition) is 6. The molecule has 10 heteroatoms. The Labute approximate surface area is 193 Å². The minimum Gasteiger partial charge on any atom is -0.483 e. The molecule has 0 radical (unpaired) electrons. The van der Waals surface area contributed by atoms with E-state index in [1.165, 1.54) is 23.4 Å². The van der Waals surface area contributed by atoms with Gasteiger partial charge in [-0.2, -0.15) is 13.2 Å². The van der Waals surface area contributed by atoms with Crippen LogP contribution in [0.25, 0.3) is 11.3 Å². The molecule has 0 bridgehead atoms. The molecule has 0 fully saturated rings. The molecule has 0 unspecified atom stereocenters. The van der Waals surface area contributed by atoms with Gasteiger partial charge in [-0.3, -0.25) is 9.78 Å². The molecule has 0 spiro atoms. The first-order chi connectivity index (χ1) is 16.0. The average molecular weight is 473 g/mol. The van der Waals surface area contributed by atoms with Gasteiger partial charge in [0, 0.05) is 29.0 Å². The second-order valence-corrected chi connectivity index (χ2v) is 8.43. The summed E-state index contributed by atoms with van der Waals surface area (Å²) in [7, 11) is 0. The highest BCUT2D eigenvalue weighted by Crippen LogP contribution is 2.37. The number of alkyl halides is 3. The van der Waals surface area contributed by atoms with Crippen LogP contribution in [0.4, 0.5) is 18.9 Å². The van der Waals surface area contributed by atoms with E-state index in [9.17, 15) is 23.1 Å². The van der Waals surface area contributed by atoms with Gasteiger partial charge in [0.1, 0.15) is 12.4 Å². The molecule has 34 heavy (non-hydrogen) atoms. The molecule has 0 saturated heterocycles. The normalized spacial score (nSPS) is 13.7. The minimum atomic E-state index is -4.48. The summed E-state index contributed by atoms with van der Waals surface area (Å²) < 4.78 is 48.6. The molecule has 0 saturated carbocycles. The van der Waals surface area contributed by atoms with Crippen LogP contribution >= 0.6 is 0 Å². The predicted octanol–water partition coefficient (Wildman–Crippen LogP) is 4.39.